The molecule has 17 heavy (non-hydrogen) atoms. The summed E-state index contributed by atoms with van der Waals surface area (Å²) in [5, 5.41) is 9.70. The zero-order valence-corrected chi connectivity index (χ0v) is 10.9. The highest BCUT2D eigenvalue weighted by molar-refractivity contribution is 6.30. The molecule has 0 bridgehead atoms. The first-order valence-electron chi connectivity index (χ1n) is 5.66. The third-order valence-electron chi connectivity index (χ3n) is 3.39. The predicted octanol–water partition coefficient (Wildman–Crippen LogP) is 2.81. The van der Waals surface area contributed by atoms with Gasteiger partial charge >= 0.3 is 5.97 Å². The molecule has 4 heteroatoms. The van der Waals surface area contributed by atoms with E-state index in [1.165, 1.54) is 0 Å². The van der Waals surface area contributed by atoms with Crippen LogP contribution in [0.1, 0.15) is 32.3 Å². The van der Waals surface area contributed by atoms with Crippen LogP contribution in [0, 0.1) is 0 Å². The van der Waals surface area contributed by atoms with Gasteiger partial charge < -0.3 is 10.8 Å². The molecule has 0 aliphatic carbocycles. The Kier molecular flexibility index (Phi) is 4.54. The lowest BCUT2D eigenvalue weighted by atomic mass is 9.70. The molecule has 0 aliphatic heterocycles. The van der Waals surface area contributed by atoms with Crippen molar-refractivity contribution in [3.63, 3.8) is 0 Å². The van der Waals surface area contributed by atoms with Gasteiger partial charge in [0.15, 0.2) is 0 Å². The molecule has 3 N–H and O–H groups in total. The molecule has 0 amide bonds. The number of hydrogen-bond donors (Lipinski definition) is 2. The number of rotatable bonds is 5. The molecule has 94 valence electrons. The molecule has 3 nitrogen and oxygen atoms in total. The van der Waals surface area contributed by atoms with Crippen LogP contribution in [0.4, 0.5) is 0 Å². The van der Waals surface area contributed by atoms with Gasteiger partial charge in [-0.25, -0.2) is 0 Å². The number of hydrogen-bond acceptors (Lipinski definition) is 2. The first-order valence-corrected chi connectivity index (χ1v) is 6.03. The van der Waals surface area contributed by atoms with Crippen LogP contribution in [0.3, 0.4) is 0 Å². The molecule has 0 saturated carbocycles. The van der Waals surface area contributed by atoms with Crippen molar-refractivity contribution in [1.82, 2.24) is 0 Å². The molecule has 1 aromatic carbocycles. The summed E-state index contributed by atoms with van der Waals surface area (Å²) in [6, 6.07) is 7.03. The summed E-state index contributed by atoms with van der Waals surface area (Å²) in [7, 11) is 0. The highest BCUT2D eigenvalue weighted by Crippen LogP contribution is 2.35. The van der Waals surface area contributed by atoms with Gasteiger partial charge in [0.1, 0.15) is 0 Å². The molecule has 1 rings (SSSR count). The number of carboxylic acids is 1. The maximum Gasteiger partial charge on any atom is 0.304 e. The van der Waals surface area contributed by atoms with E-state index in [1.54, 1.807) is 12.1 Å². The first kappa shape index (κ1) is 14.0. The van der Waals surface area contributed by atoms with E-state index < -0.39 is 11.4 Å². The topological polar surface area (TPSA) is 63.3 Å². The van der Waals surface area contributed by atoms with E-state index in [1.807, 2.05) is 26.0 Å². The van der Waals surface area contributed by atoms with Crippen molar-refractivity contribution in [2.75, 3.05) is 0 Å². The van der Waals surface area contributed by atoms with Crippen molar-refractivity contribution in [2.45, 2.75) is 38.1 Å². The molecule has 0 aromatic heterocycles. The number of nitrogens with two attached hydrogens (primary N) is 1. The number of carboxylic acid groups (broad SMARTS) is 1. The SMILES string of the molecule is CCC(CC(=O)O)(c1ccc(Cl)cc1)C(C)N. The fourth-order valence-corrected chi connectivity index (χ4v) is 2.35. The monoisotopic (exact) mass is 255 g/mol. The minimum Gasteiger partial charge on any atom is -0.481 e. The van der Waals surface area contributed by atoms with Crippen LogP contribution in [0.25, 0.3) is 0 Å². The minimum atomic E-state index is -0.834. The lowest BCUT2D eigenvalue weighted by Crippen LogP contribution is -2.44. The molecule has 2 unspecified atom stereocenters. The summed E-state index contributed by atoms with van der Waals surface area (Å²) in [6.45, 7) is 3.81. The average molecular weight is 256 g/mol. The second kappa shape index (κ2) is 5.52. The van der Waals surface area contributed by atoms with Gasteiger partial charge in [-0.2, -0.15) is 0 Å². The fourth-order valence-electron chi connectivity index (χ4n) is 2.23. The van der Waals surface area contributed by atoms with Crippen molar-refractivity contribution >= 4 is 17.6 Å². The lowest BCUT2D eigenvalue weighted by molar-refractivity contribution is -0.138. The zero-order valence-electron chi connectivity index (χ0n) is 10.1. The Bertz CT molecular complexity index is 389. The Morgan fingerprint density at radius 2 is 2.00 bits per heavy atom. The number of benzene rings is 1. The Balaban J connectivity index is 3.21. The summed E-state index contributed by atoms with van der Waals surface area (Å²) >= 11 is 5.84. The number of halogens is 1. The van der Waals surface area contributed by atoms with E-state index in [0.29, 0.717) is 11.4 Å². The van der Waals surface area contributed by atoms with Crippen LogP contribution in [0.5, 0.6) is 0 Å². The van der Waals surface area contributed by atoms with E-state index in [2.05, 4.69) is 0 Å². The van der Waals surface area contributed by atoms with E-state index in [0.717, 1.165) is 5.56 Å². The minimum absolute atomic E-state index is 0.0306. The van der Waals surface area contributed by atoms with Crippen molar-refractivity contribution in [1.29, 1.82) is 0 Å². The van der Waals surface area contributed by atoms with Gasteiger partial charge in [-0.15, -0.1) is 0 Å². The second-order valence-electron chi connectivity index (χ2n) is 4.38. The quantitative estimate of drug-likeness (QED) is 0.850. The second-order valence-corrected chi connectivity index (χ2v) is 4.81. The van der Waals surface area contributed by atoms with E-state index in [4.69, 9.17) is 22.4 Å². The van der Waals surface area contributed by atoms with Gasteiger partial charge in [0.25, 0.3) is 0 Å². The summed E-state index contributed by atoms with van der Waals surface area (Å²) in [4.78, 5) is 11.0. The van der Waals surface area contributed by atoms with Crippen LogP contribution >= 0.6 is 11.6 Å². The maximum atomic E-state index is 11.0. The number of aliphatic carboxylic acids is 1. The molecule has 1 aromatic rings. The highest BCUT2D eigenvalue weighted by Gasteiger charge is 2.36. The van der Waals surface area contributed by atoms with Gasteiger partial charge in [0.05, 0.1) is 6.42 Å². The molecule has 0 aliphatic rings. The van der Waals surface area contributed by atoms with Crippen LogP contribution < -0.4 is 5.73 Å². The van der Waals surface area contributed by atoms with Gasteiger partial charge in [-0.3, -0.25) is 4.79 Å². The first-order chi connectivity index (χ1) is 7.92. The van der Waals surface area contributed by atoms with Gasteiger partial charge in [-0.05, 0) is 31.0 Å². The van der Waals surface area contributed by atoms with Crippen molar-refractivity contribution < 1.29 is 9.90 Å². The van der Waals surface area contributed by atoms with Crippen molar-refractivity contribution in [2.24, 2.45) is 5.73 Å². The highest BCUT2D eigenvalue weighted by atomic mass is 35.5. The molecule has 0 fully saturated rings. The van der Waals surface area contributed by atoms with Crippen LogP contribution in [0.2, 0.25) is 5.02 Å². The molecule has 0 saturated heterocycles. The Morgan fingerprint density at radius 3 is 2.35 bits per heavy atom. The van der Waals surface area contributed by atoms with E-state index in [-0.39, 0.29) is 12.5 Å². The zero-order chi connectivity index (χ0) is 13.1. The van der Waals surface area contributed by atoms with Crippen LogP contribution in [-0.4, -0.2) is 17.1 Å². The summed E-state index contributed by atoms with van der Waals surface area (Å²) in [6.07, 6.45) is 0.710. The third-order valence-corrected chi connectivity index (χ3v) is 3.64. The number of carbonyl (C=O) groups is 1. The van der Waals surface area contributed by atoms with E-state index in [9.17, 15) is 4.79 Å². The third kappa shape index (κ3) is 2.99. The molecule has 0 radical (unpaired) electrons. The Morgan fingerprint density at radius 1 is 1.47 bits per heavy atom. The van der Waals surface area contributed by atoms with Crippen LogP contribution in [0.15, 0.2) is 24.3 Å². The maximum absolute atomic E-state index is 11.0. The van der Waals surface area contributed by atoms with Gasteiger partial charge in [-0.1, -0.05) is 30.7 Å². The molecule has 0 heterocycles. The molecule has 0 spiro atoms. The Hall–Kier alpha value is -1.06. The summed E-state index contributed by atoms with van der Waals surface area (Å²) in [5.41, 5.74) is 6.41. The normalized spacial score (nSPS) is 16.2. The molecular formula is C13H18ClNO2. The predicted molar refractivity (Wildman–Crippen MR) is 69.3 cm³/mol. The van der Waals surface area contributed by atoms with Gasteiger partial charge in [0.2, 0.25) is 0 Å². The summed E-state index contributed by atoms with van der Waals surface area (Å²) in [5.74, 6) is -0.834. The smallest absolute Gasteiger partial charge is 0.304 e. The average Bonchev–Trinajstić information content (AvgIpc) is 2.26. The fraction of sp³-hybridized carbons (Fsp3) is 0.462. The molecular weight excluding hydrogens is 238 g/mol. The van der Waals surface area contributed by atoms with E-state index >= 15 is 0 Å². The van der Waals surface area contributed by atoms with Crippen molar-refractivity contribution in [3.8, 4) is 0 Å². The molecule has 2 atom stereocenters. The largest absolute Gasteiger partial charge is 0.481 e. The summed E-state index contributed by atoms with van der Waals surface area (Å²) < 4.78 is 0. The van der Waals surface area contributed by atoms with Crippen LogP contribution in [-0.2, 0) is 10.2 Å². The van der Waals surface area contributed by atoms with Crippen molar-refractivity contribution in [3.05, 3.63) is 34.9 Å². The van der Waals surface area contributed by atoms with Gasteiger partial charge in [0, 0.05) is 16.5 Å². The lowest BCUT2D eigenvalue weighted by Gasteiger charge is -2.36. The standard InChI is InChI=1S/C13H18ClNO2/c1-3-13(9(2)15,8-12(16)17)10-4-6-11(14)7-5-10/h4-7,9H,3,8,15H2,1-2H3,(H,16,17). The Labute approximate surface area is 107 Å².